The highest BCUT2D eigenvalue weighted by Gasteiger charge is 2.25. The number of ether oxygens (including phenoxy) is 2. The Morgan fingerprint density at radius 2 is 1.34 bits per heavy atom. The van der Waals surface area contributed by atoms with Crippen molar-refractivity contribution in [3.05, 3.63) is 71.8 Å². The normalized spacial score (nSPS) is 12.5. The van der Waals surface area contributed by atoms with Crippen LogP contribution >= 0.6 is 0 Å². The maximum absolute atomic E-state index is 6.25. The summed E-state index contributed by atoms with van der Waals surface area (Å²) in [7, 11) is 2.20. The zero-order valence-corrected chi connectivity index (χ0v) is 19.0. The predicted molar refractivity (Wildman–Crippen MR) is 122 cm³/mol. The van der Waals surface area contributed by atoms with Crippen molar-refractivity contribution in [1.82, 2.24) is 4.90 Å². The van der Waals surface area contributed by atoms with E-state index in [2.05, 4.69) is 94.2 Å². The first-order valence-electron chi connectivity index (χ1n) is 10.8. The molecule has 0 atom stereocenters. The second-order valence-electron chi connectivity index (χ2n) is 9.15. The third-order valence-corrected chi connectivity index (χ3v) is 5.68. The molecule has 0 aliphatic heterocycles. The number of rotatable bonds is 13. The van der Waals surface area contributed by atoms with E-state index in [1.165, 1.54) is 11.1 Å². The molecule has 2 aromatic carbocycles. The minimum Gasteiger partial charge on any atom is -0.377 e. The van der Waals surface area contributed by atoms with Crippen LogP contribution in [0.4, 0.5) is 0 Å². The molecule has 3 heteroatoms. The fourth-order valence-electron chi connectivity index (χ4n) is 3.28. The van der Waals surface area contributed by atoms with E-state index in [4.69, 9.17) is 9.47 Å². The highest BCUT2D eigenvalue weighted by molar-refractivity contribution is 5.15. The third-order valence-electron chi connectivity index (χ3n) is 5.68. The lowest BCUT2D eigenvalue weighted by Gasteiger charge is -2.37. The van der Waals surface area contributed by atoms with E-state index in [-0.39, 0.29) is 11.1 Å². The van der Waals surface area contributed by atoms with Crippen molar-refractivity contribution in [2.45, 2.75) is 71.2 Å². The van der Waals surface area contributed by atoms with Gasteiger partial charge in [0.1, 0.15) is 0 Å². The first kappa shape index (κ1) is 23.6. The molecular weight excluding hydrogens is 358 g/mol. The molecule has 0 heterocycles. The van der Waals surface area contributed by atoms with E-state index in [9.17, 15) is 0 Å². The van der Waals surface area contributed by atoms with Crippen molar-refractivity contribution < 1.29 is 9.47 Å². The maximum atomic E-state index is 6.25. The van der Waals surface area contributed by atoms with E-state index in [1.807, 2.05) is 6.07 Å². The molecule has 160 valence electrons. The molecule has 0 fully saturated rings. The van der Waals surface area contributed by atoms with Gasteiger partial charge in [-0.25, -0.2) is 0 Å². The van der Waals surface area contributed by atoms with Crippen LogP contribution in [0.1, 0.15) is 58.1 Å². The Kier molecular flexibility index (Phi) is 9.35. The molecule has 0 radical (unpaired) electrons. The molecule has 0 amide bonds. The summed E-state index contributed by atoms with van der Waals surface area (Å²) in [5, 5.41) is 0. The average Bonchev–Trinajstić information content (AvgIpc) is 2.69. The summed E-state index contributed by atoms with van der Waals surface area (Å²) in [5.41, 5.74) is 2.54. The Bertz CT molecular complexity index is 682. The second-order valence-corrected chi connectivity index (χ2v) is 9.15. The van der Waals surface area contributed by atoms with Crippen LogP contribution in [0.25, 0.3) is 0 Å². The number of nitrogens with zero attached hydrogens (tertiary/aromatic N) is 1. The van der Waals surface area contributed by atoms with Crippen molar-refractivity contribution in [2.24, 2.45) is 0 Å². The highest BCUT2D eigenvalue weighted by atomic mass is 16.5. The van der Waals surface area contributed by atoms with Crippen molar-refractivity contribution >= 4 is 0 Å². The van der Waals surface area contributed by atoms with Gasteiger partial charge >= 0.3 is 0 Å². The van der Waals surface area contributed by atoms with E-state index >= 15 is 0 Å². The predicted octanol–water partition coefficient (Wildman–Crippen LogP) is 6.08. The van der Waals surface area contributed by atoms with Crippen molar-refractivity contribution in [3.63, 3.8) is 0 Å². The standard InChI is InChI=1S/C26H39NO2/c1-25(2,27(5)21-23-13-8-6-9-14-23)18-20-29-26(3,4)17-12-19-28-22-24-15-10-7-11-16-24/h6-11,13-16H,12,17-22H2,1-5H3. The Morgan fingerprint density at radius 3 is 1.97 bits per heavy atom. The van der Waals surface area contributed by atoms with Gasteiger partial charge in [0.05, 0.1) is 12.2 Å². The number of benzene rings is 2. The maximum Gasteiger partial charge on any atom is 0.0716 e. The molecular formula is C26H39NO2. The molecule has 0 saturated heterocycles. The van der Waals surface area contributed by atoms with Crippen LogP contribution in [0, 0.1) is 0 Å². The Balaban J connectivity index is 1.63. The Morgan fingerprint density at radius 1 is 0.759 bits per heavy atom. The van der Waals surface area contributed by atoms with Crippen molar-refractivity contribution in [1.29, 1.82) is 0 Å². The van der Waals surface area contributed by atoms with Crippen LogP contribution in [0.3, 0.4) is 0 Å². The van der Waals surface area contributed by atoms with Gasteiger partial charge in [0.15, 0.2) is 0 Å². The van der Waals surface area contributed by atoms with Gasteiger partial charge in [-0.1, -0.05) is 60.7 Å². The zero-order chi connectivity index (χ0) is 21.2. The van der Waals surface area contributed by atoms with Crippen LogP contribution in [0.2, 0.25) is 0 Å². The van der Waals surface area contributed by atoms with Crippen molar-refractivity contribution in [2.75, 3.05) is 20.3 Å². The number of hydrogen-bond donors (Lipinski definition) is 0. The SMILES string of the molecule is CN(Cc1ccccc1)C(C)(C)CCOC(C)(C)CCCOCc1ccccc1. The van der Waals surface area contributed by atoms with E-state index in [0.29, 0.717) is 6.61 Å². The largest absolute Gasteiger partial charge is 0.377 e. The fraction of sp³-hybridized carbons (Fsp3) is 0.538. The van der Waals surface area contributed by atoms with Crippen LogP contribution in [-0.2, 0) is 22.6 Å². The molecule has 2 rings (SSSR count). The second kappa shape index (κ2) is 11.5. The summed E-state index contributed by atoms with van der Waals surface area (Å²) in [5.74, 6) is 0. The van der Waals surface area contributed by atoms with Gasteiger partial charge in [0.25, 0.3) is 0 Å². The average molecular weight is 398 g/mol. The Hall–Kier alpha value is -1.68. The van der Waals surface area contributed by atoms with E-state index in [1.54, 1.807) is 0 Å². The summed E-state index contributed by atoms with van der Waals surface area (Å²) in [4.78, 5) is 2.41. The lowest BCUT2D eigenvalue weighted by Crippen LogP contribution is -2.42. The topological polar surface area (TPSA) is 21.7 Å². The van der Waals surface area contributed by atoms with Crippen LogP contribution in [0.15, 0.2) is 60.7 Å². The smallest absolute Gasteiger partial charge is 0.0716 e. The minimum absolute atomic E-state index is 0.0880. The molecule has 29 heavy (non-hydrogen) atoms. The van der Waals surface area contributed by atoms with Gasteiger partial charge in [-0.3, -0.25) is 4.90 Å². The molecule has 0 aliphatic rings. The quantitative estimate of drug-likeness (QED) is 0.382. The molecule has 0 saturated carbocycles. The van der Waals surface area contributed by atoms with Gasteiger partial charge < -0.3 is 9.47 Å². The lowest BCUT2D eigenvalue weighted by molar-refractivity contribution is -0.0444. The van der Waals surface area contributed by atoms with Gasteiger partial charge in [-0.2, -0.15) is 0 Å². The molecule has 0 aromatic heterocycles. The summed E-state index contributed by atoms with van der Waals surface area (Å²) >= 11 is 0. The highest BCUT2D eigenvalue weighted by Crippen LogP contribution is 2.23. The molecule has 3 nitrogen and oxygen atoms in total. The molecule has 0 N–H and O–H groups in total. The van der Waals surface area contributed by atoms with Crippen LogP contribution in [0.5, 0.6) is 0 Å². The molecule has 0 bridgehead atoms. The first-order chi connectivity index (χ1) is 13.8. The molecule has 0 unspecified atom stereocenters. The van der Waals surface area contributed by atoms with Crippen LogP contribution in [-0.4, -0.2) is 36.3 Å². The molecule has 0 spiro atoms. The van der Waals surface area contributed by atoms with E-state index in [0.717, 1.165) is 39.0 Å². The monoisotopic (exact) mass is 397 g/mol. The van der Waals surface area contributed by atoms with Gasteiger partial charge in [-0.05, 0) is 65.1 Å². The Labute approximate surface area is 178 Å². The van der Waals surface area contributed by atoms with Crippen LogP contribution < -0.4 is 0 Å². The van der Waals surface area contributed by atoms with Crippen molar-refractivity contribution in [3.8, 4) is 0 Å². The number of hydrogen-bond acceptors (Lipinski definition) is 3. The molecule has 0 aliphatic carbocycles. The van der Waals surface area contributed by atoms with Gasteiger partial charge in [0, 0.05) is 25.3 Å². The van der Waals surface area contributed by atoms with E-state index < -0.39 is 0 Å². The molecule has 2 aromatic rings. The minimum atomic E-state index is -0.121. The summed E-state index contributed by atoms with van der Waals surface area (Å²) in [6, 6.07) is 21.0. The van der Waals surface area contributed by atoms with Gasteiger partial charge in [-0.15, -0.1) is 0 Å². The zero-order valence-electron chi connectivity index (χ0n) is 19.0. The first-order valence-corrected chi connectivity index (χ1v) is 10.8. The third kappa shape index (κ3) is 9.12. The summed E-state index contributed by atoms with van der Waals surface area (Å²) in [6.45, 7) is 12.1. The van der Waals surface area contributed by atoms with Gasteiger partial charge in [0.2, 0.25) is 0 Å². The lowest BCUT2D eigenvalue weighted by atomic mass is 9.97. The summed E-state index contributed by atoms with van der Waals surface area (Å²) < 4.78 is 12.0. The fourth-order valence-corrected chi connectivity index (χ4v) is 3.28. The summed E-state index contributed by atoms with van der Waals surface area (Å²) in [6.07, 6.45) is 3.02.